The standard InChI is InChI=1S/C18H13FN4O3S/c19-14-6-5-11(9-15(14)23(25)26)21-17-16-13(4-1-7-20-16)18(24)22(17)10-12-3-2-8-27-12/h1-9,17,21H,10H2. The van der Waals surface area contributed by atoms with Gasteiger partial charge in [0.1, 0.15) is 6.17 Å². The molecule has 1 amide bonds. The summed E-state index contributed by atoms with van der Waals surface area (Å²) in [5, 5.41) is 16.0. The summed E-state index contributed by atoms with van der Waals surface area (Å²) in [5.41, 5.74) is 0.708. The summed E-state index contributed by atoms with van der Waals surface area (Å²) in [4.78, 5) is 30.0. The van der Waals surface area contributed by atoms with Gasteiger partial charge in [-0.3, -0.25) is 19.9 Å². The van der Waals surface area contributed by atoms with Gasteiger partial charge >= 0.3 is 5.69 Å². The summed E-state index contributed by atoms with van der Waals surface area (Å²) in [6.45, 7) is 0.369. The monoisotopic (exact) mass is 384 g/mol. The van der Waals surface area contributed by atoms with E-state index in [4.69, 9.17) is 0 Å². The molecule has 136 valence electrons. The van der Waals surface area contributed by atoms with E-state index >= 15 is 0 Å². The molecule has 0 fully saturated rings. The molecule has 1 aliphatic rings. The molecule has 1 atom stereocenters. The second-order valence-corrected chi connectivity index (χ2v) is 6.95. The molecule has 0 spiro atoms. The number of hydrogen-bond donors (Lipinski definition) is 1. The van der Waals surface area contributed by atoms with E-state index in [1.165, 1.54) is 17.4 Å². The number of hydrogen-bond acceptors (Lipinski definition) is 6. The first-order valence-electron chi connectivity index (χ1n) is 8.03. The Kier molecular flexibility index (Phi) is 4.28. The molecule has 0 aliphatic carbocycles. The van der Waals surface area contributed by atoms with Gasteiger partial charge in [0.05, 0.1) is 22.7 Å². The van der Waals surface area contributed by atoms with Crippen LogP contribution in [-0.2, 0) is 6.54 Å². The van der Waals surface area contributed by atoms with Gasteiger partial charge < -0.3 is 10.2 Å². The van der Waals surface area contributed by atoms with Crippen LogP contribution in [0.3, 0.4) is 0 Å². The molecule has 1 unspecified atom stereocenters. The Morgan fingerprint density at radius 1 is 1.30 bits per heavy atom. The number of aromatic nitrogens is 1. The van der Waals surface area contributed by atoms with Crippen LogP contribution in [0.1, 0.15) is 27.1 Å². The van der Waals surface area contributed by atoms with Crippen molar-refractivity contribution in [3.63, 3.8) is 0 Å². The van der Waals surface area contributed by atoms with Crippen LogP contribution >= 0.6 is 11.3 Å². The van der Waals surface area contributed by atoms with Crippen LogP contribution in [0.4, 0.5) is 15.8 Å². The van der Waals surface area contributed by atoms with E-state index in [2.05, 4.69) is 10.3 Å². The zero-order valence-corrected chi connectivity index (χ0v) is 14.6. The number of thiophene rings is 1. The maximum Gasteiger partial charge on any atom is 0.306 e. The molecule has 0 saturated heterocycles. The highest BCUT2D eigenvalue weighted by Crippen LogP contribution is 2.35. The largest absolute Gasteiger partial charge is 0.360 e. The zero-order valence-electron chi connectivity index (χ0n) is 13.8. The average molecular weight is 384 g/mol. The molecule has 1 N–H and O–H groups in total. The van der Waals surface area contributed by atoms with Crippen molar-refractivity contribution >= 4 is 28.6 Å². The van der Waals surface area contributed by atoms with E-state index in [0.717, 1.165) is 17.0 Å². The zero-order chi connectivity index (χ0) is 19.0. The topological polar surface area (TPSA) is 88.4 Å². The van der Waals surface area contributed by atoms with Crippen molar-refractivity contribution in [1.82, 2.24) is 9.88 Å². The van der Waals surface area contributed by atoms with E-state index in [1.807, 2.05) is 17.5 Å². The number of benzene rings is 1. The number of carbonyl (C=O) groups excluding carboxylic acids is 1. The maximum atomic E-state index is 13.6. The first-order valence-corrected chi connectivity index (χ1v) is 8.91. The molecule has 0 bridgehead atoms. The lowest BCUT2D eigenvalue weighted by molar-refractivity contribution is -0.387. The van der Waals surface area contributed by atoms with Crippen LogP contribution < -0.4 is 5.32 Å². The number of anilines is 1. The minimum Gasteiger partial charge on any atom is -0.360 e. The van der Waals surface area contributed by atoms with Gasteiger partial charge in [-0.2, -0.15) is 4.39 Å². The maximum absolute atomic E-state index is 13.6. The minimum atomic E-state index is -0.915. The molecule has 27 heavy (non-hydrogen) atoms. The predicted octanol–water partition coefficient (Wildman–Crippen LogP) is 3.96. The van der Waals surface area contributed by atoms with Crippen molar-refractivity contribution in [3.8, 4) is 0 Å². The Morgan fingerprint density at radius 3 is 2.89 bits per heavy atom. The molecule has 7 nitrogen and oxygen atoms in total. The lowest BCUT2D eigenvalue weighted by Crippen LogP contribution is -2.31. The molecule has 2 aromatic heterocycles. The van der Waals surface area contributed by atoms with Crippen LogP contribution in [0.15, 0.2) is 54.0 Å². The summed E-state index contributed by atoms with van der Waals surface area (Å²) >= 11 is 1.53. The summed E-state index contributed by atoms with van der Waals surface area (Å²) < 4.78 is 13.6. The molecule has 9 heteroatoms. The first kappa shape index (κ1) is 17.1. The molecule has 4 rings (SSSR count). The second kappa shape index (κ2) is 6.76. The minimum absolute atomic E-state index is 0.180. The Morgan fingerprint density at radius 2 is 2.15 bits per heavy atom. The summed E-state index contributed by atoms with van der Waals surface area (Å²) in [5.74, 6) is -1.09. The fraction of sp³-hybridized carbons (Fsp3) is 0.111. The van der Waals surface area contributed by atoms with Crippen molar-refractivity contribution in [1.29, 1.82) is 0 Å². The van der Waals surface area contributed by atoms with E-state index in [0.29, 0.717) is 23.5 Å². The number of carbonyl (C=O) groups is 1. The fourth-order valence-electron chi connectivity index (χ4n) is 3.02. The number of halogens is 1. The van der Waals surface area contributed by atoms with E-state index in [-0.39, 0.29) is 5.91 Å². The quantitative estimate of drug-likeness (QED) is 0.531. The van der Waals surface area contributed by atoms with E-state index in [9.17, 15) is 19.3 Å². The lowest BCUT2D eigenvalue weighted by Gasteiger charge is -2.26. The van der Waals surface area contributed by atoms with Gasteiger partial charge in [0, 0.05) is 22.8 Å². The van der Waals surface area contributed by atoms with Crippen LogP contribution in [-0.4, -0.2) is 20.7 Å². The van der Waals surface area contributed by atoms with Crippen LogP contribution in [0.5, 0.6) is 0 Å². The van der Waals surface area contributed by atoms with Crippen molar-refractivity contribution in [3.05, 3.63) is 86.1 Å². The highest BCUT2D eigenvalue weighted by molar-refractivity contribution is 7.09. The predicted molar refractivity (Wildman–Crippen MR) is 97.8 cm³/mol. The average Bonchev–Trinajstić information content (AvgIpc) is 3.26. The van der Waals surface area contributed by atoms with Gasteiger partial charge in [0.25, 0.3) is 5.91 Å². The Balaban J connectivity index is 1.70. The highest BCUT2D eigenvalue weighted by atomic mass is 32.1. The third kappa shape index (κ3) is 3.13. The summed E-state index contributed by atoms with van der Waals surface area (Å²) in [6.07, 6.45) is 0.976. The SMILES string of the molecule is O=C1c2cccnc2C(Nc2ccc(F)c([N+](=O)[O-])c2)N1Cc1cccs1. The molecule has 1 aliphatic heterocycles. The number of nitrogens with one attached hydrogen (secondary N) is 1. The first-order chi connectivity index (χ1) is 13.0. The smallest absolute Gasteiger partial charge is 0.306 e. The fourth-order valence-corrected chi connectivity index (χ4v) is 3.72. The molecule has 1 aromatic carbocycles. The van der Waals surface area contributed by atoms with E-state index < -0.39 is 22.6 Å². The Bertz CT molecular complexity index is 1030. The third-order valence-corrected chi connectivity index (χ3v) is 5.11. The number of fused-ring (bicyclic) bond motifs is 1. The van der Waals surface area contributed by atoms with Gasteiger partial charge in [-0.05, 0) is 35.7 Å². The van der Waals surface area contributed by atoms with Crippen LogP contribution in [0.2, 0.25) is 0 Å². The van der Waals surface area contributed by atoms with Crippen molar-refractivity contribution in [2.45, 2.75) is 12.7 Å². The molecule has 3 aromatic rings. The Labute approximate surface area is 157 Å². The highest BCUT2D eigenvalue weighted by Gasteiger charge is 2.38. The van der Waals surface area contributed by atoms with Gasteiger partial charge in [0.2, 0.25) is 5.82 Å². The van der Waals surface area contributed by atoms with Crippen molar-refractivity contribution < 1.29 is 14.1 Å². The second-order valence-electron chi connectivity index (χ2n) is 5.92. The van der Waals surface area contributed by atoms with Crippen molar-refractivity contribution in [2.75, 3.05) is 5.32 Å². The normalized spacial score (nSPS) is 15.7. The van der Waals surface area contributed by atoms with Crippen LogP contribution in [0.25, 0.3) is 0 Å². The van der Waals surface area contributed by atoms with Gasteiger partial charge in [-0.25, -0.2) is 0 Å². The summed E-state index contributed by atoms with van der Waals surface area (Å²) in [7, 11) is 0. The van der Waals surface area contributed by atoms with E-state index in [1.54, 1.807) is 23.2 Å². The number of nitrogens with zero attached hydrogens (tertiary/aromatic N) is 3. The van der Waals surface area contributed by atoms with Crippen LogP contribution in [0, 0.1) is 15.9 Å². The molecule has 0 saturated carbocycles. The van der Waals surface area contributed by atoms with Gasteiger partial charge in [-0.15, -0.1) is 11.3 Å². The summed E-state index contributed by atoms with van der Waals surface area (Å²) in [6, 6.07) is 10.7. The lowest BCUT2D eigenvalue weighted by atomic mass is 10.2. The number of nitro groups is 1. The van der Waals surface area contributed by atoms with Gasteiger partial charge in [-0.1, -0.05) is 6.07 Å². The molecule has 3 heterocycles. The number of amides is 1. The van der Waals surface area contributed by atoms with Crippen molar-refractivity contribution in [2.24, 2.45) is 0 Å². The third-order valence-electron chi connectivity index (χ3n) is 4.25. The Hall–Kier alpha value is -3.33. The number of pyridine rings is 1. The number of nitro benzene ring substituents is 1. The molecular weight excluding hydrogens is 371 g/mol. The molecular formula is C18H13FN4O3S. The number of rotatable bonds is 5. The molecule has 0 radical (unpaired) electrons. The van der Waals surface area contributed by atoms with Gasteiger partial charge in [0.15, 0.2) is 0 Å².